The van der Waals surface area contributed by atoms with Crippen molar-refractivity contribution >= 4 is 39.1 Å². The second-order valence-corrected chi connectivity index (χ2v) is 23.0. The van der Waals surface area contributed by atoms with Gasteiger partial charge in [0.05, 0.1) is 0 Å². The topological polar surface area (TPSA) is 0 Å². The molecule has 4 rings (SSSR count). The van der Waals surface area contributed by atoms with Gasteiger partial charge in [0.15, 0.2) is 0 Å². The Labute approximate surface area is 166 Å². The fourth-order valence-corrected chi connectivity index (χ4v) is 20.3. The van der Waals surface area contributed by atoms with E-state index in [4.69, 9.17) is 8.83 Å². The Morgan fingerprint density at radius 1 is 0.444 bits per heavy atom. The molecular weight excluding hydrogens is 457 g/mol. The van der Waals surface area contributed by atoms with Crippen molar-refractivity contribution in [2.45, 2.75) is 6.92 Å². The van der Waals surface area contributed by atoms with E-state index >= 15 is 0 Å². The van der Waals surface area contributed by atoms with Crippen LogP contribution in [-0.2, 0) is 0 Å². The van der Waals surface area contributed by atoms with Gasteiger partial charge >= 0.3 is 167 Å². The molecule has 0 saturated heterocycles. The van der Waals surface area contributed by atoms with Gasteiger partial charge in [0, 0.05) is 0 Å². The maximum absolute atomic E-state index is 8.15. The van der Waals surface area contributed by atoms with Gasteiger partial charge in [0.25, 0.3) is 0 Å². The van der Waals surface area contributed by atoms with Crippen molar-refractivity contribution in [1.82, 2.24) is 0 Å². The molecule has 0 atom stereocenters. The third-order valence-electron chi connectivity index (χ3n) is 5.24. The molecule has 0 amide bonds. The fraction of sp³-hybridized carbons (Fsp3) is 0.0400. The van der Waals surface area contributed by atoms with E-state index in [9.17, 15) is 0 Å². The summed E-state index contributed by atoms with van der Waals surface area (Å²) in [5.41, 5.74) is 1.24. The van der Waals surface area contributed by atoms with Crippen molar-refractivity contribution in [1.29, 1.82) is 0 Å². The van der Waals surface area contributed by atoms with E-state index in [0.29, 0.717) is 0 Å². The fourth-order valence-electron chi connectivity index (χ4n) is 3.84. The van der Waals surface area contributed by atoms with E-state index in [1.807, 2.05) is 0 Å². The van der Waals surface area contributed by atoms with Crippen LogP contribution in [0.25, 0.3) is 0 Å². The average Bonchev–Trinajstić information content (AvgIpc) is 2.76. The van der Waals surface area contributed by atoms with Crippen molar-refractivity contribution in [3.8, 4) is 0 Å². The summed E-state index contributed by atoms with van der Waals surface area (Å²) >= 11 is -4.46. The number of aryl methyl sites for hydroxylation is 1. The molecule has 27 heavy (non-hydrogen) atoms. The zero-order valence-corrected chi connectivity index (χ0v) is 18.6. The summed E-state index contributed by atoms with van der Waals surface area (Å²) in [6.45, 7) is 2.12. The first-order chi connectivity index (χ1) is 13.1. The minimum atomic E-state index is -4.46. The molecule has 0 spiro atoms. The summed E-state index contributed by atoms with van der Waals surface area (Å²) in [6, 6.07) is 40.8. The van der Waals surface area contributed by atoms with Crippen LogP contribution in [0.1, 0.15) is 5.56 Å². The molecule has 0 fully saturated rings. The van der Waals surface area contributed by atoms with Crippen LogP contribution in [-0.4, -0.2) is 16.3 Å². The molecule has 4 aromatic carbocycles. The van der Waals surface area contributed by atoms with Gasteiger partial charge in [0.1, 0.15) is 0 Å². The van der Waals surface area contributed by atoms with E-state index in [-0.39, 0.29) is 0 Å². The molecule has 0 aliphatic rings. The number of hydrogen-bond donors (Lipinski definition) is 0. The van der Waals surface area contributed by atoms with E-state index in [0.717, 1.165) is 0 Å². The van der Waals surface area contributed by atoms with Crippen LogP contribution in [0.15, 0.2) is 115 Å². The Balaban J connectivity index is 2.22. The number of halogens is 1. The minimum absolute atomic E-state index is 1.23. The third-order valence-corrected chi connectivity index (χ3v) is 25.0. The predicted molar refractivity (Wildman–Crippen MR) is 121 cm³/mol. The first-order valence-corrected chi connectivity index (χ1v) is 17.5. The van der Waals surface area contributed by atoms with Crippen molar-refractivity contribution < 1.29 is 0 Å². The maximum atomic E-state index is 8.15. The first kappa shape index (κ1) is 18.4. The monoisotopic (exact) mass is 478 g/mol. The second-order valence-electron chi connectivity index (χ2n) is 6.85. The molecule has 0 unspecified atom stereocenters. The molecule has 0 aliphatic carbocycles. The van der Waals surface area contributed by atoms with Crippen LogP contribution in [0.5, 0.6) is 0 Å². The molecule has 0 saturated carbocycles. The van der Waals surface area contributed by atoms with Crippen LogP contribution in [0.3, 0.4) is 0 Å². The van der Waals surface area contributed by atoms with Gasteiger partial charge in [-0.15, -0.1) is 0 Å². The molecule has 2 heteroatoms. The van der Waals surface area contributed by atoms with E-state index in [2.05, 4.69) is 122 Å². The normalized spacial score (nSPS) is 12.9. The van der Waals surface area contributed by atoms with Gasteiger partial charge in [-0.3, -0.25) is 0 Å². The van der Waals surface area contributed by atoms with Crippen LogP contribution in [0.2, 0.25) is 0 Å². The summed E-state index contributed by atoms with van der Waals surface area (Å²) < 4.78 is 4.92. The van der Waals surface area contributed by atoms with Gasteiger partial charge in [-0.25, -0.2) is 0 Å². The molecule has 134 valence electrons. The quantitative estimate of drug-likeness (QED) is 0.387. The van der Waals surface area contributed by atoms with Crippen LogP contribution in [0, 0.1) is 6.92 Å². The molecule has 0 heterocycles. The molecule has 0 bridgehead atoms. The van der Waals surface area contributed by atoms with Gasteiger partial charge in [0.2, 0.25) is 0 Å². The molecule has 0 N–H and O–H groups in total. The Bertz CT molecular complexity index is 927. The summed E-state index contributed by atoms with van der Waals surface area (Å²) in [4.78, 5) is 0. The summed E-state index contributed by atoms with van der Waals surface area (Å²) in [5.74, 6) is 0. The number of rotatable bonds is 4. The van der Waals surface area contributed by atoms with E-state index in [1.165, 1.54) is 19.6 Å². The van der Waals surface area contributed by atoms with Crippen molar-refractivity contribution in [3.63, 3.8) is 0 Å². The Morgan fingerprint density at radius 3 is 1.07 bits per heavy atom. The molecular formula is C25H22ClSb. The van der Waals surface area contributed by atoms with Crippen molar-refractivity contribution in [3.05, 3.63) is 121 Å². The molecule has 0 radical (unpaired) electrons. The average molecular weight is 480 g/mol. The summed E-state index contributed by atoms with van der Waals surface area (Å²) in [6.07, 6.45) is 0. The van der Waals surface area contributed by atoms with E-state index < -0.39 is 16.3 Å². The van der Waals surface area contributed by atoms with Crippen LogP contribution >= 0.6 is 8.83 Å². The number of benzene rings is 4. The van der Waals surface area contributed by atoms with Crippen LogP contribution < -0.4 is 14.0 Å². The van der Waals surface area contributed by atoms with Crippen molar-refractivity contribution in [2.24, 2.45) is 0 Å². The Hall–Kier alpha value is -2.01. The summed E-state index contributed by atoms with van der Waals surface area (Å²) in [5, 5.41) is 0. The third kappa shape index (κ3) is 2.83. The first-order valence-electron chi connectivity index (χ1n) is 9.12. The van der Waals surface area contributed by atoms with Gasteiger partial charge in [-0.2, -0.15) is 0 Å². The van der Waals surface area contributed by atoms with Crippen molar-refractivity contribution in [2.75, 3.05) is 0 Å². The zero-order valence-electron chi connectivity index (χ0n) is 15.3. The van der Waals surface area contributed by atoms with Gasteiger partial charge in [-0.05, 0) is 0 Å². The Morgan fingerprint density at radius 2 is 0.741 bits per heavy atom. The van der Waals surface area contributed by atoms with Gasteiger partial charge < -0.3 is 0 Å². The summed E-state index contributed by atoms with van der Waals surface area (Å²) in [7, 11) is 8.15. The SMILES string of the molecule is Cc1cc[c]([Sb]([Cl])([c]2ccccc2)([c]2ccccc2)[c]2ccccc2)cc1. The second kappa shape index (κ2) is 7.19. The number of hydrogen-bond acceptors (Lipinski definition) is 0. The Kier molecular flexibility index (Phi) is 4.89. The standard InChI is InChI=1S/C7H7.3C6H5.ClH.Sb/c1-7-5-3-2-4-6-7;3*1-2-4-6-5-3-1;;/h3-6H,1H3;3*1-5H;1H;/q;;;;;+1/p-1. The van der Waals surface area contributed by atoms with Gasteiger partial charge in [-0.1, -0.05) is 0 Å². The van der Waals surface area contributed by atoms with Crippen LogP contribution in [0.4, 0.5) is 0 Å². The molecule has 4 aromatic rings. The van der Waals surface area contributed by atoms with E-state index in [1.54, 1.807) is 0 Å². The molecule has 0 nitrogen and oxygen atoms in total. The molecule has 0 aliphatic heterocycles. The zero-order chi connectivity index (χ0) is 18.8. The predicted octanol–water partition coefficient (Wildman–Crippen LogP) is 4.06. The molecule has 0 aromatic heterocycles.